The van der Waals surface area contributed by atoms with E-state index in [0.717, 1.165) is 0 Å². The van der Waals surface area contributed by atoms with Gasteiger partial charge in [0.05, 0.1) is 0 Å². The Kier molecular flexibility index (Phi) is 6.24. The molecule has 1 rings (SSSR count). The monoisotopic (exact) mass is 512 g/mol. The van der Waals surface area contributed by atoms with Crippen LogP contribution in [0.25, 0.3) is 0 Å². The first-order valence-electron chi connectivity index (χ1n) is 7.26. The van der Waals surface area contributed by atoms with Crippen molar-refractivity contribution in [3.63, 3.8) is 0 Å². The van der Waals surface area contributed by atoms with Gasteiger partial charge in [-0.25, -0.2) is 0 Å². The number of benzene rings is 1. The lowest BCUT2D eigenvalue weighted by Gasteiger charge is -2.42. The Labute approximate surface area is 164 Å². The van der Waals surface area contributed by atoms with Crippen molar-refractivity contribution in [1.29, 1.82) is 0 Å². The highest BCUT2D eigenvalue weighted by atomic mass is 19.4. The third-order valence-electron chi connectivity index (χ3n) is 3.95. The molecule has 1 N–H and O–H groups in total. The summed E-state index contributed by atoms with van der Waals surface area (Å²) in [7, 11) is 0. The predicted octanol–water partition coefficient (Wildman–Crippen LogP) is 6.86. The molecule has 186 valence electrons. The van der Waals surface area contributed by atoms with Crippen LogP contribution in [0.4, 0.5) is 74.6 Å². The summed E-state index contributed by atoms with van der Waals surface area (Å²) in [5.74, 6) is -57.7. The molecule has 0 aliphatic carbocycles. The van der Waals surface area contributed by atoms with E-state index in [2.05, 4.69) is 0 Å². The highest BCUT2D eigenvalue weighted by molar-refractivity contribution is 5.31. The molecule has 0 radical (unpaired) electrons. The molecule has 0 saturated carbocycles. The van der Waals surface area contributed by atoms with Crippen LogP contribution in [-0.2, 0) is 5.92 Å². The molecular formula is C14H5F17O. The van der Waals surface area contributed by atoms with Gasteiger partial charge in [-0.05, 0) is 24.3 Å². The van der Waals surface area contributed by atoms with Crippen LogP contribution in [0.1, 0.15) is 5.56 Å². The molecule has 0 amide bonds. The molecule has 0 aromatic heterocycles. The smallest absolute Gasteiger partial charge is 0.460 e. The van der Waals surface area contributed by atoms with Gasteiger partial charge in [0.15, 0.2) is 0 Å². The Morgan fingerprint density at radius 3 is 1.00 bits per heavy atom. The standard InChI is InChI=1S/C14H5F17O/c15-7(16,5-1-3-6(32)4-2-5)8(17,18)9(19,20)10(21,22)11(23,24)12(25,26)13(27,28)14(29,30)31/h1-4,32H. The lowest BCUT2D eigenvalue weighted by Crippen LogP contribution is -2.74. The molecule has 1 aromatic rings. The van der Waals surface area contributed by atoms with E-state index in [1.165, 1.54) is 0 Å². The van der Waals surface area contributed by atoms with E-state index in [-0.39, 0.29) is 24.3 Å². The highest BCUT2D eigenvalue weighted by Gasteiger charge is 2.95. The van der Waals surface area contributed by atoms with Crippen LogP contribution >= 0.6 is 0 Å². The molecule has 0 aliphatic heterocycles. The zero-order valence-electron chi connectivity index (χ0n) is 14.2. The largest absolute Gasteiger partial charge is 0.508 e. The van der Waals surface area contributed by atoms with Crippen molar-refractivity contribution in [2.75, 3.05) is 0 Å². The molecule has 1 nitrogen and oxygen atoms in total. The fourth-order valence-corrected chi connectivity index (χ4v) is 2.02. The fourth-order valence-electron chi connectivity index (χ4n) is 2.02. The Balaban J connectivity index is 3.70. The first kappa shape index (κ1) is 27.9. The zero-order chi connectivity index (χ0) is 26.0. The number of halogens is 17. The summed E-state index contributed by atoms with van der Waals surface area (Å²) in [5.41, 5.74) is -2.38. The van der Waals surface area contributed by atoms with Crippen LogP contribution in [0.5, 0.6) is 5.75 Å². The zero-order valence-corrected chi connectivity index (χ0v) is 14.2. The Bertz CT molecular complexity index is 821. The maximum absolute atomic E-state index is 13.8. The highest BCUT2D eigenvalue weighted by Crippen LogP contribution is 2.65. The molecule has 0 fully saturated rings. The topological polar surface area (TPSA) is 20.2 Å². The average molecular weight is 512 g/mol. The van der Waals surface area contributed by atoms with Crippen LogP contribution in [0.2, 0.25) is 0 Å². The number of rotatable bonds is 7. The second kappa shape index (κ2) is 7.16. The van der Waals surface area contributed by atoms with E-state index in [4.69, 9.17) is 5.11 Å². The lowest BCUT2D eigenvalue weighted by molar-refractivity contribution is -0.462. The molecule has 0 bridgehead atoms. The molecule has 0 aliphatic rings. The Morgan fingerprint density at radius 2 is 0.688 bits per heavy atom. The summed E-state index contributed by atoms with van der Waals surface area (Å²) >= 11 is 0. The molecule has 0 heterocycles. The molecule has 32 heavy (non-hydrogen) atoms. The summed E-state index contributed by atoms with van der Waals surface area (Å²) in [4.78, 5) is 0. The molecule has 0 unspecified atom stereocenters. The summed E-state index contributed by atoms with van der Waals surface area (Å²) in [6, 6.07) is -0.464. The molecule has 0 spiro atoms. The number of aromatic hydroxyl groups is 1. The summed E-state index contributed by atoms with van der Waals surface area (Å²) in [6.07, 6.45) is -7.79. The van der Waals surface area contributed by atoms with Gasteiger partial charge in [-0.15, -0.1) is 0 Å². The van der Waals surface area contributed by atoms with Gasteiger partial charge in [0.2, 0.25) is 0 Å². The van der Waals surface area contributed by atoms with Gasteiger partial charge in [0, 0.05) is 5.56 Å². The van der Waals surface area contributed by atoms with Crippen LogP contribution in [0.3, 0.4) is 0 Å². The Hall–Kier alpha value is -2.17. The van der Waals surface area contributed by atoms with E-state index in [1.54, 1.807) is 0 Å². The first-order valence-corrected chi connectivity index (χ1v) is 7.26. The van der Waals surface area contributed by atoms with Gasteiger partial charge in [0.1, 0.15) is 5.75 Å². The first-order chi connectivity index (χ1) is 13.7. The summed E-state index contributed by atoms with van der Waals surface area (Å²) < 4.78 is 223. The van der Waals surface area contributed by atoms with Gasteiger partial charge in [0.25, 0.3) is 0 Å². The fraction of sp³-hybridized carbons (Fsp3) is 0.571. The molecule has 18 heteroatoms. The minimum Gasteiger partial charge on any atom is -0.508 e. The number of phenols is 1. The van der Waals surface area contributed by atoms with Gasteiger partial charge < -0.3 is 5.11 Å². The molecular weight excluding hydrogens is 507 g/mol. The third-order valence-corrected chi connectivity index (χ3v) is 3.95. The van der Waals surface area contributed by atoms with E-state index in [0.29, 0.717) is 0 Å². The summed E-state index contributed by atoms with van der Waals surface area (Å²) in [5, 5.41) is 8.81. The van der Waals surface area contributed by atoms with Crippen molar-refractivity contribution >= 4 is 0 Å². The van der Waals surface area contributed by atoms with E-state index in [9.17, 15) is 74.6 Å². The molecule has 0 atom stereocenters. The second-order valence-corrected chi connectivity index (χ2v) is 6.07. The van der Waals surface area contributed by atoms with Crippen molar-refractivity contribution in [2.45, 2.75) is 47.6 Å². The van der Waals surface area contributed by atoms with Crippen molar-refractivity contribution in [3.8, 4) is 5.75 Å². The number of phenolic OH excluding ortho intramolecular Hbond substituents is 1. The second-order valence-electron chi connectivity index (χ2n) is 6.07. The van der Waals surface area contributed by atoms with Gasteiger partial charge >= 0.3 is 47.6 Å². The molecule has 1 aromatic carbocycles. The van der Waals surface area contributed by atoms with Crippen molar-refractivity contribution < 1.29 is 79.7 Å². The van der Waals surface area contributed by atoms with Crippen LogP contribution < -0.4 is 0 Å². The van der Waals surface area contributed by atoms with Crippen molar-refractivity contribution in [1.82, 2.24) is 0 Å². The maximum Gasteiger partial charge on any atom is 0.460 e. The SMILES string of the molecule is Oc1ccc(C(F)(F)C(F)(F)C(F)(F)C(F)(F)C(F)(F)C(F)(F)C(F)(F)C(F)(F)F)cc1. The minimum absolute atomic E-state index is 0.0856. The quantitative estimate of drug-likeness (QED) is 0.396. The Morgan fingerprint density at radius 1 is 0.406 bits per heavy atom. The van der Waals surface area contributed by atoms with Gasteiger partial charge in [-0.2, -0.15) is 74.6 Å². The minimum atomic E-state index is -8.66. The van der Waals surface area contributed by atoms with Crippen molar-refractivity contribution in [2.24, 2.45) is 0 Å². The average Bonchev–Trinajstić information content (AvgIpc) is 2.60. The number of hydrogen-bond donors (Lipinski definition) is 1. The van der Waals surface area contributed by atoms with Gasteiger partial charge in [-0.3, -0.25) is 0 Å². The van der Waals surface area contributed by atoms with Crippen LogP contribution in [-0.4, -0.2) is 46.8 Å². The van der Waals surface area contributed by atoms with Crippen LogP contribution in [0, 0.1) is 0 Å². The van der Waals surface area contributed by atoms with E-state index >= 15 is 0 Å². The normalized spacial score (nSPS) is 15.8. The lowest BCUT2D eigenvalue weighted by atomic mass is 9.87. The van der Waals surface area contributed by atoms with Crippen LogP contribution in [0.15, 0.2) is 24.3 Å². The third kappa shape index (κ3) is 3.39. The predicted molar refractivity (Wildman–Crippen MR) is 67.7 cm³/mol. The maximum atomic E-state index is 13.8. The number of alkyl halides is 17. The molecule has 0 saturated heterocycles. The van der Waals surface area contributed by atoms with Crippen molar-refractivity contribution in [3.05, 3.63) is 29.8 Å². The van der Waals surface area contributed by atoms with Gasteiger partial charge in [-0.1, -0.05) is 0 Å². The van der Waals surface area contributed by atoms with E-state index < -0.39 is 58.9 Å². The number of hydrogen-bond acceptors (Lipinski definition) is 1. The van der Waals surface area contributed by atoms with E-state index in [1.807, 2.05) is 0 Å². The summed E-state index contributed by atoms with van der Waals surface area (Å²) in [6.45, 7) is 0.